The third-order valence-electron chi connectivity index (χ3n) is 2.45. The van der Waals surface area contributed by atoms with Crippen molar-refractivity contribution in [2.24, 2.45) is 0 Å². The summed E-state index contributed by atoms with van der Waals surface area (Å²) in [5.74, 6) is -0.585. The maximum atomic E-state index is 11.6. The van der Waals surface area contributed by atoms with Gasteiger partial charge in [-0.05, 0) is 58.4 Å². The van der Waals surface area contributed by atoms with Gasteiger partial charge in [0.25, 0.3) is 5.91 Å². The van der Waals surface area contributed by atoms with Gasteiger partial charge in [-0.15, -0.1) is 0 Å². The summed E-state index contributed by atoms with van der Waals surface area (Å²) in [6.45, 7) is -0.381. The van der Waals surface area contributed by atoms with Crippen molar-refractivity contribution in [2.75, 3.05) is 11.9 Å². The van der Waals surface area contributed by atoms with E-state index in [0.29, 0.717) is 21.1 Å². The van der Waals surface area contributed by atoms with E-state index < -0.39 is 11.9 Å². The lowest BCUT2D eigenvalue weighted by Crippen LogP contribution is -2.20. The van der Waals surface area contributed by atoms with Crippen LogP contribution < -0.4 is 5.32 Å². The number of rotatable bonds is 5. The molecule has 0 spiro atoms. The first-order valence-corrected chi connectivity index (χ1v) is 7.35. The average Bonchev–Trinajstić information content (AvgIpc) is 2.91. The van der Waals surface area contributed by atoms with Crippen LogP contribution in [0.4, 0.5) is 5.69 Å². The second-order valence-corrected chi connectivity index (χ2v) is 5.36. The zero-order chi connectivity index (χ0) is 15.9. The van der Waals surface area contributed by atoms with Crippen LogP contribution in [0.2, 0.25) is 5.02 Å². The number of amides is 1. The van der Waals surface area contributed by atoms with E-state index in [2.05, 4.69) is 21.2 Å². The molecule has 0 saturated carbocycles. The van der Waals surface area contributed by atoms with Crippen molar-refractivity contribution in [1.29, 1.82) is 0 Å². The van der Waals surface area contributed by atoms with Crippen LogP contribution in [-0.4, -0.2) is 18.5 Å². The summed E-state index contributed by atoms with van der Waals surface area (Å²) in [5.41, 5.74) is 0.571. The van der Waals surface area contributed by atoms with Gasteiger partial charge in [0, 0.05) is 16.8 Å². The number of carbonyl (C=O) groups excluding carboxylic acids is 2. The Labute approximate surface area is 140 Å². The highest BCUT2D eigenvalue weighted by Crippen LogP contribution is 2.15. The second kappa shape index (κ2) is 7.82. The summed E-state index contributed by atoms with van der Waals surface area (Å²) < 4.78 is 10.5. The molecule has 1 N–H and O–H groups in total. The van der Waals surface area contributed by atoms with Gasteiger partial charge >= 0.3 is 5.97 Å². The molecule has 0 unspecified atom stereocenters. The van der Waals surface area contributed by atoms with Crippen LogP contribution in [-0.2, 0) is 14.3 Å². The fourth-order valence-electron chi connectivity index (χ4n) is 1.48. The highest BCUT2D eigenvalue weighted by Gasteiger charge is 2.06. The number of anilines is 1. The van der Waals surface area contributed by atoms with Crippen molar-refractivity contribution in [3.63, 3.8) is 0 Å². The summed E-state index contributed by atoms with van der Waals surface area (Å²) in [4.78, 5) is 23.1. The highest BCUT2D eigenvalue weighted by molar-refractivity contribution is 9.10. The van der Waals surface area contributed by atoms with Crippen LogP contribution in [0.25, 0.3) is 6.08 Å². The summed E-state index contributed by atoms with van der Waals surface area (Å²) in [6, 6.07) is 9.97. The molecule has 2 rings (SSSR count). The van der Waals surface area contributed by atoms with E-state index in [1.807, 2.05) is 0 Å². The Morgan fingerprint density at radius 3 is 2.59 bits per heavy atom. The molecule has 0 fully saturated rings. The van der Waals surface area contributed by atoms with Crippen LogP contribution >= 0.6 is 27.5 Å². The average molecular weight is 385 g/mol. The van der Waals surface area contributed by atoms with Crippen molar-refractivity contribution in [3.05, 3.63) is 57.9 Å². The quantitative estimate of drug-likeness (QED) is 0.627. The number of nitrogens with one attached hydrogen (secondary N) is 1. The van der Waals surface area contributed by atoms with E-state index in [1.54, 1.807) is 36.4 Å². The van der Waals surface area contributed by atoms with Gasteiger partial charge in [-0.1, -0.05) is 11.6 Å². The molecule has 7 heteroatoms. The van der Waals surface area contributed by atoms with Gasteiger partial charge in [0.2, 0.25) is 0 Å². The Bertz CT molecular complexity index is 694. The standard InChI is InChI=1S/C15H11BrClNO4/c16-13-7-5-12(22-13)6-8-15(20)21-9-14(19)18-11-3-1-10(17)2-4-11/h1-8H,9H2,(H,18,19). The monoisotopic (exact) mass is 383 g/mol. The Hall–Kier alpha value is -2.05. The third-order valence-corrected chi connectivity index (χ3v) is 3.13. The fourth-order valence-corrected chi connectivity index (χ4v) is 1.93. The fraction of sp³-hybridized carbons (Fsp3) is 0.0667. The van der Waals surface area contributed by atoms with Gasteiger partial charge in [0.15, 0.2) is 11.3 Å². The van der Waals surface area contributed by atoms with Gasteiger partial charge in [-0.3, -0.25) is 4.79 Å². The first kappa shape index (κ1) is 16.3. The van der Waals surface area contributed by atoms with Crippen molar-refractivity contribution in [1.82, 2.24) is 0 Å². The smallest absolute Gasteiger partial charge is 0.331 e. The molecule has 0 aliphatic carbocycles. The van der Waals surface area contributed by atoms with Crippen LogP contribution in [0.1, 0.15) is 5.76 Å². The van der Waals surface area contributed by atoms with Gasteiger partial charge < -0.3 is 14.5 Å². The Morgan fingerprint density at radius 2 is 1.95 bits per heavy atom. The zero-order valence-corrected chi connectivity index (χ0v) is 13.6. The number of hydrogen-bond donors (Lipinski definition) is 1. The number of esters is 1. The van der Waals surface area contributed by atoms with Crippen LogP contribution in [0, 0.1) is 0 Å². The molecule has 1 amide bonds. The molecule has 0 saturated heterocycles. The molecule has 22 heavy (non-hydrogen) atoms. The van der Waals surface area contributed by atoms with Gasteiger partial charge in [-0.2, -0.15) is 0 Å². The van der Waals surface area contributed by atoms with Gasteiger partial charge in [0.05, 0.1) is 0 Å². The van der Waals surface area contributed by atoms with E-state index in [1.165, 1.54) is 12.2 Å². The largest absolute Gasteiger partial charge is 0.452 e. The first-order valence-electron chi connectivity index (χ1n) is 6.18. The summed E-state index contributed by atoms with van der Waals surface area (Å²) in [7, 11) is 0. The number of carbonyl (C=O) groups is 2. The van der Waals surface area contributed by atoms with E-state index in [9.17, 15) is 9.59 Å². The summed E-state index contributed by atoms with van der Waals surface area (Å²) in [5, 5.41) is 3.15. The minimum atomic E-state index is -0.640. The predicted molar refractivity (Wildman–Crippen MR) is 86.5 cm³/mol. The number of halogens is 2. The van der Waals surface area contributed by atoms with Gasteiger partial charge in [-0.25, -0.2) is 4.79 Å². The normalized spacial score (nSPS) is 10.6. The van der Waals surface area contributed by atoms with Crippen LogP contribution in [0.15, 0.2) is 51.6 Å². The molecule has 0 atom stereocenters. The van der Waals surface area contributed by atoms with Crippen LogP contribution in [0.3, 0.4) is 0 Å². The van der Waals surface area contributed by atoms with Crippen molar-refractivity contribution in [2.45, 2.75) is 0 Å². The molecule has 1 aromatic carbocycles. The summed E-state index contributed by atoms with van der Waals surface area (Å²) in [6.07, 6.45) is 2.63. The molecular weight excluding hydrogens is 374 g/mol. The highest BCUT2D eigenvalue weighted by atomic mass is 79.9. The van der Waals surface area contributed by atoms with E-state index >= 15 is 0 Å². The van der Waals surface area contributed by atoms with E-state index in [-0.39, 0.29) is 6.61 Å². The number of furan rings is 1. The number of ether oxygens (including phenoxy) is 1. The maximum absolute atomic E-state index is 11.6. The molecule has 0 aliphatic heterocycles. The molecule has 2 aromatic rings. The molecule has 0 radical (unpaired) electrons. The Morgan fingerprint density at radius 1 is 1.23 bits per heavy atom. The van der Waals surface area contributed by atoms with E-state index in [0.717, 1.165) is 0 Å². The summed E-state index contributed by atoms with van der Waals surface area (Å²) >= 11 is 8.88. The SMILES string of the molecule is O=C(COC(=O)C=Cc1ccc(Br)o1)Nc1ccc(Cl)cc1. The second-order valence-electron chi connectivity index (χ2n) is 4.14. The maximum Gasteiger partial charge on any atom is 0.331 e. The van der Waals surface area contributed by atoms with Crippen molar-refractivity contribution in [3.8, 4) is 0 Å². The lowest BCUT2D eigenvalue weighted by Gasteiger charge is -2.05. The molecule has 0 bridgehead atoms. The molecular formula is C15H11BrClNO4. The topological polar surface area (TPSA) is 68.5 Å². The number of hydrogen-bond acceptors (Lipinski definition) is 4. The molecule has 0 aliphatic rings. The lowest BCUT2D eigenvalue weighted by atomic mass is 10.3. The first-order chi connectivity index (χ1) is 10.5. The molecule has 1 aromatic heterocycles. The van der Waals surface area contributed by atoms with Crippen molar-refractivity contribution < 1.29 is 18.7 Å². The predicted octanol–water partition coefficient (Wildman–Crippen LogP) is 3.89. The minimum Gasteiger partial charge on any atom is -0.452 e. The van der Waals surface area contributed by atoms with E-state index in [4.69, 9.17) is 20.8 Å². The van der Waals surface area contributed by atoms with Crippen LogP contribution in [0.5, 0.6) is 0 Å². The third kappa shape index (κ3) is 5.38. The lowest BCUT2D eigenvalue weighted by molar-refractivity contribution is -0.142. The Kier molecular flexibility index (Phi) is 5.80. The Balaban J connectivity index is 1.77. The zero-order valence-electron chi connectivity index (χ0n) is 11.2. The van der Waals surface area contributed by atoms with Crippen molar-refractivity contribution >= 4 is 51.2 Å². The number of benzene rings is 1. The molecule has 114 valence electrons. The molecule has 1 heterocycles. The van der Waals surface area contributed by atoms with Gasteiger partial charge in [0.1, 0.15) is 5.76 Å². The minimum absolute atomic E-state index is 0.381. The molecule has 5 nitrogen and oxygen atoms in total.